The van der Waals surface area contributed by atoms with E-state index in [1.54, 1.807) is 18.2 Å². The maximum atomic E-state index is 12.3. The molecule has 0 aliphatic heterocycles. The Balaban J connectivity index is 1.65. The van der Waals surface area contributed by atoms with Crippen molar-refractivity contribution >= 4 is 40.1 Å². The summed E-state index contributed by atoms with van der Waals surface area (Å²) in [5, 5.41) is 12.8. The molecule has 0 atom stereocenters. The first-order valence-corrected chi connectivity index (χ1v) is 10.1. The second-order valence-electron chi connectivity index (χ2n) is 6.09. The predicted octanol–water partition coefficient (Wildman–Crippen LogP) is 4.46. The van der Waals surface area contributed by atoms with E-state index in [9.17, 15) is 4.79 Å². The van der Waals surface area contributed by atoms with E-state index >= 15 is 0 Å². The van der Waals surface area contributed by atoms with Crippen molar-refractivity contribution in [3.8, 4) is 17.2 Å². The fourth-order valence-electron chi connectivity index (χ4n) is 2.67. The van der Waals surface area contributed by atoms with E-state index in [0.29, 0.717) is 33.8 Å². The first-order valence-electron chi connectivity index (χ1n) is 8.88. The molecule has 1 N–H and O–H groups in total. The number of aromatic nitrogens is 2. The molecule has 156 valence electrons. The lowest BCUT2D eigenvalue weighted by molar-refractivity contribution is -0.111. The van der Waals surface area contributed by atoms with Gasteiger partial charge >= 0.3 is 0 Å². The Bertz CT molecular complexity index is 1030. The van der Waals surface area contributed by atoms with Gasteiger partial charge in [-0.15, -0.1) is 10.2 Å². The molecular formula is C21H20ClN3O4S. The van der Waals surface area contributed by atoms with Gasteiger partial charge in [-0.05, 0) is 41.5 Å². The van der Waals surface area contributed by atoms with Gasteiger partial charge in [-0.25, -0.2) is 0 Å². The number of hydrogen-bond donors (Lipinski definition) is 1. The van der Waals surface area contributed by atoms with Gasteiger partial charge in [-0.2, -0.15) is 0 Å². The molecular weight excluding hydrogens is 426 g/mol. The molecule has 0 saturated carbocycles. The summed E-state index contributed by atoms with van der Waals surface area (Å²) in [5.74, 6) is 1.18. The number of carbonyl (C=O) groups excluding carboxylic acids is 1. The summed E-state index contributed by atoms with van der Waals surface area (Å²) in [4.78, 5) is 12.3. The fraction of sp³-hybridized carbons (Fsp3) is 0.190. The van der Waals surface area contributed by atoms with Crippen LogP contribution in [0.25, 0.3) is 6.08 Å². The number of methoxy groups -OCH3 is 3. The Morgan fingerprint density at radius 2 is 1.73 bits per heavy atom. The molecule has 1 amide bonds. The molecule has 30 heavy (non-hydrogen) atoms. The highest BCUT2D eigenvalue weighted by atomic mass is 35.5. The third-order valence-electron chi connectivity index (χ3n) is 4.08. The summed E-state index contributed by atoms with van der Waals surface area (Å²) < 4.78 is 15.9. The van der Waals surface area contributed by atoms with Gasteiger partial charge in [0.05, 0.1) is 21.3 Å². The van der Waals surface area contributed by atoms with Crippen LogP contribution in [0.4, 0.5) is 5.13 Å². The standard InChI is InChI=1S/C21H20ClN3O4S/c1-27-16-10-14(11-17(28-2)20(16)29-3)6-9-18(26)23-21-25-24-19(30-21)12-13-4-7-15(22)8-5-13/h4-11H,12H2,1-3H3,(H,23,25,26)/b9-6+. The number of nitrogens with one attached hydrogen (secondary N) is 1. The number of ether oxygens (including phenoxy) is 3. The largest absolute Gasteiger partial charge is 0.493 e. The van der Waals surface area contributed by atoms with E-state index in [0.717, 1.165) is 16.1 Å². The van der Waals surface area contributed by atoms with Crippen LogP contribution in [0.15, 0.2) is 42.5 Å². The average Bonchev–Trinajstić information content (AvgIpc) is 3.19. The minimum absolute atomic E-state index is 0.321. The van der Waals surface area contributed by atoms with Crippen molar-refractivity contribution < 1.29 is 19.0 Å². The Labute approximate surface area is 183 Å². The van der Waals surface area contributed by atoms with E-state index in [-0.39, 0.29) is 5.91 Å². The molecule has 1 heterocycles. The zero-order chi connectivity index (χ0) is 21.5. The SMILES string of the molecule is COc1cc(/C=C/C(=O)Nc2nnc(Cc3ccc(Cl)cc3)s2)cc(OC)c1OC. The molecule has 0 saturated heterocycles. The van der Waals surface area contributed by atoms with Gasteiger partial charge in [-0.1, -0.05) is 35.1 Å². The number of rotatable bonds is 8. The first-order chi connectivity index (χ1) is 14.5. The van der Waals surface area contributed by atoms with Crippen LogP contribution >= 0.6 is 22.9 Å². The lowest BCUT2D eigenvalue weighted by Crippen LogP contribution is -2.07. The van der Waals surface area contributed by atoms with Gasteiger partial charge < -0.3 is 14.2 Å². The zero-order valence-corrected chi connectivity index (χ0v) is 18.2. The Morgan fingerprint density at radius 1 is 1.07 bits per heavy atom. The van der Waals surface area contributed by atoms with E-state index in [2.05, 4.69) is 15.5 Å². The normalized spacial score (nSPS) is 10.8. The van der Waals surface area contributed by atoms with Gasteiger partial charge in [0.25, 0.3) is 0 Å². The maximum absolute atomic E-state index is 12.3. The van der Waals surface area contributed by atoms with Gasteiger partial charge in [0, 0.05) is 17.5 Å². The topological polar surface area (TPSA) is 82.6 Å². The maximum Gasteiger partial charge on any atom is 0.250 e. The highest BCUT2D eigenvalue weighted by molar-refractivity contribution is 7.15. The van der Waals surface area contributed by atoms with Crippen molar-refractivity contribution in [2.45, 2.75) is 6.42 Å². The summed E-state index contributed by atoms with van der Waals surface area (Å²) >= 11 is 7.22. The van der Waals surface area contributed by atoms with Crippen LogP contribution in [-0.2, 0) is 11.2 Å². The number of benzene rings is 2. The highest BCUT2D eigenvalue weighted by Gasteiger charge is 2.12. The van der Waals surface area contributed by atoms with E-state index in [1.807, 2.05) is 24.3 Å². The zero-order valence-electron chi connectivity index (χ0n) is 16.6. The van der Waals surface area contributed by atoms with Crippen molar-refractivity contribution in [3.63, 3.8) is 0 Å². The van der Waals surface area contributed by atoms with Gasteiger partial charge in [0.15, 0.2) is 11.5 Å². The second-order valence-corrected chi connectivity index (χ2v) is 7.58. The number of hydrogen-bond acceptors (Lipinski definition) is 7. The Hall–Kier alpha value is -3.10. The number of halogens is 1. The van der Waals surface area contributed by atoms with Crippen molar-refractivity contribution in [1.29, 1.82) is 0 Å². The quantitative estimate of drug-likeness (QED) is 0.515. The van der Waals surface area contributed by atoms with Crippen LogP contribution < -0.4 is 19.5 Å². The molecule has 0 aliphatic carbocycles. The lowest BCUT2D eigenvalue weighted by atomic mass is 10.1. The smallest absolute Gasteiger partial charge is 0.250 e. The molecule has 2 aromatic carbocycles. The number of carbonyl (C=O) groups is 1. The third kappa shape index (κ3) is 5.49. The number of amides is 1. The molecule has 7 nitrogen and oxygen atoms in total. The molecule has 3 aromatic rings. The van der Waals surface area contributed by atoms with Crippen LogP contribution in [0.1, 0.15) is 16.1 Å². The summed E-state index contributed by atoms with van der Waals surface area (Å²) in [5.41, 5.74) is 1.79. The lowest BCUT2D eigenvalue weighted by Gasteiger charge is -2.12. The van der Waals surface area contributed by atoms with Crippen LogP contribution in [0, 0.1) is 0 Å². The first kappa shape index (κ1) is 21.6. The molecule has 9 heteroatoms. The van der Waals surface area contributed by atoms with Crippen molar-refractivity contribution in [1.82, 2.24) is 10.2 Å². The van der Waals surface area contributed by atoms with Crippen LogP contribution in [0.3, 0.4) is 0 Å². The molecule has 0 unspecified atom stereocenters. The highest BCUT2D eigenvalue weighted by Crippen LogP contribution is 2.38. The van der Waals surface area contributed by atoms with Crippen molar-refractivity contribution in [2.75, 3.05) is 26.6 Å². The minimum Gasteiger partial charge on any atom is -0.493 e. The Morgan fingerprint density at radius 3 is 2.33 bits per heavy atom. The van der Waals surface area contributed by atoms with Crippen molar-refractivity contribution in [3.05, 3.63) is 63.6 Å². The average molecular weight is 446 g/mol. The second kappa shape index (κ2) is 10.1. The monoisotopic (exact) mass is 445 g/mol. The van der Waals surface area contributed by atoms with Gasteiger partial charge in [0.1, 0.15) is 5.01 Å². The summed E-state index contributed by atoms with van der Waals surface area (Å²) in [6.45, 7) is 0. The van der Waals surface area contributed by atoms with E-state index < -0.39 is 0 Å². The third-order valence-corrected chi connectivity index (χ3v) is 5.17. The Kier molecular flexibility index (Phi) is 7.26. The van der Waals surface area contributed by atoms with E-state index in [4.69, 9.17) is 25.8 Å². The molecule has 1 aromatic heterocycles. The molecule has 0 fully saturated rings. The molecule has 0 spiro atoms. The summed E-state index contributed by atoms with van der Waals surface area (Å²) in [6, 6.07) is 11.0. The summed E-state index contributed by atoms with van der Waals surface area (Å²) in [6.07, 6.45) is 3.67. The minimum atomic E-state index is -0.321. The number of nitrogens with zero attached hydrogens (tertiary/aromatic N) is 2. The summed E-state index contributed by atoms with van der Waals surface area (Å²) in [7, 11) is 4.61. The van der Waals surface area contributed by atoms with Crippen LogP contribution in [-0.4, -0.2) is 37.4 Å². The van der Waals surface area contributed by atoms with Crippen LogP contribution in [0.5, 0.6) is 17.2 Å². The molecule has 0 radical (unpaired) electrons. The predicted molar refractivity (Wildman–Crippen MR) is 118 cm³/mol. The molecule has 0 aliphatic rings. The van der Waals surface area contributed by atoms with Gasteiger partial charge in [-0.3, -0.25) is 10.1 Å². The molecule has 0 bridgehead atoms. The van der Waals surface area contributed by atoms with Gasteiger partial charge in [0.2, 0.25) is 16.8 Å². The molecule has 3 rings (SSSR count). The van der Waals surface area contributed by atoms with Crippen LogP contribution in [0.2, 0.25) is 5.02 Å². The number of anilines is 1. The van der Waals surface area contributed by atoms with Crippen molar-refractivity contribution in [2.24, 2.45) is 0 Å². The fourth-order valence-corrected chi connectivity index (χ4v) is 3.57. The van der Waals surface area contributed by atoms with E-state index in [1.165, 1.54) is 38.7 Å².